The average molecular weight is 215 g/mol. The van der Waals surface area contributed by atoms with E-state index in [2.05, 4.69) is 0 Å². The number of nitrogens with two attached hydrogens (primary N) is 1. The summed E-state index contributed by atoms with van der Waals surface area (Å²) < 4.78 is 0. The monoisotopic (exact) mass is 214 g/mol. The van der Waals surface area contributed by atoms with Crippen LogP contribution in [-0.2, 0) is 0 Å². The lowest BCUT2D eigenvalue weighted by Crippen LogP contribution is -2.31. The Labute approximate surface area is 88.3 Å². The van der Waals surface area contributed by atoms with Gasteiger partial charge in [-0.25, -0.2) is 0 Å². The first kappa shape index (κ1) is 10.3. The fourth-order valence-corrected chi connectivity index (χ4v) is 1.20. The normalized spacial score (nSPS) is 9.77. The van der Waals surface area contributed by atoms with E-state index < -0.39 is 0 Å². The Bertz CT molecular complexity index is 338. The van der Waals surface area contributed by atoms with Gasteiger partial charge in [-0.15, -0.1) is 0 Å². The van der Waals surface area contributed by atoms with E-state index >= 15 is 0 Å². The van der Waals surface area contributed by atoms with Crippen molar-refractivity contribution in [1.82, 2.24) is 0 Å². The predicted octanol–water partition coefficient (Wildman–Crippen LogP) is 2.33. The van der Waals surface area contributed by atoms with Gasteiger partial charge >= 0.3 is 0 Å². The Balaban J connectivity index is 3.03. The summed E-state index contributed by atoms with van der Waals surface area (Å²) in [5.74, 6) is 0. The first-order valence-electron chi connectivity index (χ1n) is 3.81. The Morgan fingerprint density at radius 3 is 2.62 bits per heavy atom. The molecule has 0 aliphatic heterocycles. The Hall–Kier alpha value is -0.800. The number of hydrogen-bond donors (Lipinski definition) is 1. The minimum absolute atomic E-state index is 0.333. The lowest BCUT2D eigenvalue weighted by Gasteiger charge is -2.17. The van der Waals surface area contributed by atoms with Crippen molar-refractivity contribution in [1.29, 1.82) is 0 Å². The molecule has 0 fully saturated rings. The third-order valence-corrected chi connectivity index (χ3v) is 2.55. The highest BCUT2D eigenvalue weighted by molar-refractivity contribution is 7.80. The summed E-state index contributed by atoms with van der Waals surface area (Å²) >= 11 is 10.8. The Morgan fingerprint density at radius 2 is 2.15 bits per heavy atom. The van der Waals surface area contributed by atoms with Crippen LogP contribution in [0.5, 0.6) is 0 Å². The van der Waals surface area contributed by atoms with Gasteiger partial charge in [0.05, 0.1) is 0 Å². The second kappa shape index (κ2) is 3.94. The molecular weight excluding hydrogens is 204 g/mol. The highest BCUT2D eigenvalue weighted by Gasteiger charge is 2.04. The van der Waals surface area contributed by atoms with Crippen molar-refractivity contribution >= 4 is 34.6 Å². The summed E-state index contributed by atoms with van der Waals surface area (Å²) in [6.07, 6.45) is 0. The lowest BCUT2D eigenvalue weighted by atomic mass is 10.2. The maximum Gasteiger partial charge on any atom is 0.170 e. The third-order valence-electron chi connectivity index (χ3n) is 1.87. The van der Waals surface area contributed by atoms with Crippen LogP contribution in [0.25, 0.3) is 0 Å². The van der Waals surface area contributed by atoms with Gasteiger partial charge in [0.25, 0.3) is 0 Å². The minimum Gasteiger partial charge on any atom is -0.376 e. The van der Waals surface area contributed by atoms with Gasteiger partial charge in [-0.2, -0.15) is 0 Å². The molecule has 0 atom stereocenters. The van der Waals surface area contributed by atoms with Crippen LogP contribution in [0.1, 0.15) is 5.56 Å². The van der Waals surface area contributed by atoms with Crippen molar-refractivity contribution in [2.24, 2.45) is 5.73 Å². The first-order valence-corrected chi connectivity index (χ1v) is 4.60. The van der Waals surface area contributed by atoms with Crippen LogP contribution in [0.3, 0.4) is 0 Å². The number of nitrogens with zero attached hydrogens (tertiary/aromatic N) is 1. The summed E-state index contributed by atoms with van der Waals surface area (Å²) in [5, 5.41) is 1.06. The van der Waals surface area contributed by atoms with Crippen LogP contribution < -0.4 is 10.6 Å². The van der Waals surface area contributed by atoms with Crippen molar-refractivity contribution in [3.05, 3.63) is 28.8 Å². The Morgan fingerprint density at radius 1 is 1.54 bits per heavy atom. The molecule has 13 heavy (non-hydrogen) atoms. The second-order valence-corrected chi connectivity index (χ2v) is 3.66. The van der Waals surface area contributed by atoms with Crippen LogP contribution in [0.4, 0.5) is 5.69 Å². The molecule has 0 bridgehead atoms. The summed E-state index contributed by atoms with van der Waals surface area (Å²) in [4.78, 5) is 1.71. The third kappa shape index (κ3) is 2.32. The highest BCUT2D eigenvalue weighted by atomic mass is 35.5. The molecule has 1 rings (SSSR count). The van der Waals surface area contributed by atoms with E-state index in [0.29, 0.717) is 5.11 Å². The summed E-state index contributed by atoms with van der Waals surface area (Å²) in [5.41, 5.74) is 7.42. The zero-order valence-electron chi connectivity index (χ0n) is 7.54. The van der Waals surface area contributed by atoms with Gasteiger partial charge in [-0.3, -0.25) is 0 Å². The topological polar surface area (TPSA) is 29.3 Å². The van der Waals surface area contributed by atoms with Gasteiger partial charge < -0.3 is 10.6 Å². The van der Waals surface area contributed by atoms with Gasteiger partial charge in [-0.05, 0) is 36.8 Å². The van der Waals surface area contributed by atoms with Crippen LogP contribution in [-0.4, -0.2) is 12.2 Å². The number of hydrogen-bond acceptors (Lipinski definition) is 1. The average Bonchev–Trinajstić information content (AvgIpc) is 2.08. The van der Waals surface area contributed by atoms with Crippen molar-refractivity contribution in [3.8, 4) is 0 Å². The molecule has 0 aliphatic rings. The predicted molar refractivity (Wildman–Crippen MR) is 61.4 cm³/mol. The number of thiocarbonyl (C=S) groups is 1. The number of benzene rings is 1. The number of anilines is 1. The molecule has 0 spiro atoms. The van der Waals surface area contributed by atoms with Gasteiger partial charge in [0.2, 0.25) is 0 Å². The minimum atomic E-state index is 0.333. The molecule has 0 unspecified atom stereocenters. The second-order valence-electron chi connectivity index (χ2n) is 2.83. The zero-order valence-corrected chi connectivity index (χ0v) is 9.12. The van der Waals surface area contributed by atoms with E-state index in [1.165, 1.54) is 0 Å². The fourth-order valence-electron chi connectivity index (χ4n) is 0.918. The molecule has 2 nitrogen and oxygen atoms in total. The van der Waals surface area contributed by atoms with Gasteiger partial charge in [0, 0.05) is 17.8 Å². The number of rotatable bonds is 1. The van der Waals surface area contributed by atoms with E-state index in [1.807, 2.05) is 32.2 Å². The molecule has 0 aromatic heterocycles. The zero-order chi connectivity index (χ0) is 10.0. The molecule has 0 saturated carbocycles. The summed E-state index contributed by atoms with van der Waals surface area (Å²) in [6, 6.07) is 5.71. The molecule has 2 N–H and O–H groups in total. The van der Waals surface area contributed by atoms with Gasteiger partial charge in [0.1, 0.15) is 0 Å². The van der Waals surface area contributed by atoms with E-state index in [0.717, 1.165) is 16.3 Å². The van der Waals surface area contributed by atoms with Crippen molar-refractivity contribution in [2.75, 3.05) is 11.9 Å². The molecule has 0 aliphatic carbocycles. The van der Waals surface area contributed by atoms with E-state index in [4.69, 9.17) is 29.6 Å². The first-order chi connectivity index (χ1) is 6.02. The number of halogens is 1. The van der Waals surface area contributed by atoms with E-state index in [9.17, 15) is 0 Å². The van der Waals surface area contributed by atoms with Crippen LogP contribution in [0.2, 0.25) is 5.02 Å². The fraction of sp³-hybridized carbons (Fsp3) is 0.222. The van der Waals surface area contributed by atoms with Crippen molar-refractivity contribution < 1.29 is 0 Å². The largest absolute Gasteiger partial charge is 0.376 e. The molecule has 0 heterocycles. The van der Waals surface area contributed by atoms with E-state index in [-0.39, 0.29) is 0 Å². The number of aryl methyl sites for hydroxylation is 1. The van der Waals surface area contributed by atoms with Gasteiger partial charge in [0.15, 0.2) is 5.11 Å². The van der Waals surface area contributed by atoms with Crippen molar-refractivity contribution in [2.45, 2.75) is 6.92 Å². The summed E-state index contributed by atoms with van der Waals surface area (Å²) in [7, 11) is 1.81. The van der Waals surface area contributed by atoms with Crippen LogP contribution in [0.15, 0.2) is 18.2 Å². The van der Waals surface area contributed by atoms with Crippen LogP contribution in [0, 0.1) is 6.92 Å². The lowest BCUT2D eigenvalue weighted by molar-refractivity contribution is 1.26. The SMILES string of the molecule is Cc1ccc(N(C)C(N)=S)cc1Cl. The molecule has 0 amide bonds. The quantitative estimate of drug-likeness (QED) is 0.728. The van der Waals surface area contributed by atoms with E-state index in [1.54, 1.807) is 4.90 Å². The highest BCUT2D eigenvalue weighted by Crippen LogP contribution is 2.22. The molecule has 0 saturated heterocycles. The smallest absolute Gasteiger partial charge is 0.170 e. The molecule has 0 radical (unpaired) electrons. The maximum absolute atomic E-state index is 5.95. The molecule has 1 aromatic carbocycles. The van der Waals surface area contributed by atoms with Crippen LogP contribution >= 0.6 is 23.8 Å². The molecular formula is C9H11ClN2S. The maximum atomic E-state index is 5.95. The molecule has 4 heteroatoms. The summed E-state index contributed by atoms with van der Waals surface area (Å²) in [6.45, 7) is 1.95. The van der Waals surface area contributed by atoms with Crippen molar-refractivity contribution in [3.63, 3.8) is 0 Å². The Kier molecular flexibility index (Phi) is 3.12. The molecule has 70 valence electrons. The molecule has 1 aromatic rings. The van der Waals surface area contributed by atoms with Gasteiger partial charge in [-0.1, -0.05) is 17.7 Å². The standard InChI is InChI=1S/C9H11ClN2S/c1-6-3-4-7(5-8(6)10)12(2)9(11)13/h3-5H,1-2H3,(H2,11,13).